The van der Waals surface area contributed by atoms with Gasteiger partial charge in [0.1, 0.15) is 5.38 Å². The Kier molecular flexibility index (Phi) is 2.88. The van der Waals surface area contributed by atoms with Crippen molar-refractivity contribution in [3.8, 4) is 10.8 Å². The van der Waals surface area contributed by atoms with Crippen LogP contribution in [0.5, 0.6) is 0 Å². The third-order valence-corrected chi connectivity index (χ3v) is 2.98. The monoisotopic (exact) mass is 259 g/mol. The molecule has 0 aliphatic heterocycles. The lowest BCUT2D eigenvalue weighted by molar-refractivity contribution is -0.380. The normalized spacial score (nSPS) is 12.6. The van der Waals surface area contributed by atoms with Gasteiger partial charge in [0, 0.05) is 6.07 Å². The number of hydrogen-bond acceptors (Lipinski definition) is 6. The maximum Gasteiger partial charge on any atom is 0.324 e. The minimum absolute atomic E-state index is 0.0358. The molecule has 8 heteroatoms. The van der Waals surface area contributed by atoms with Crippen molar-refractivity contribution < 1.29 is 9.34 Å². The van der Waals surface area contributed by atoms with Crippen molar-refractivity contribution >= 4 is 27.9 Å². The summed E-state index contributed by atoms with van der Waals surface area (Å²) in [6, 6.07) is 2.97. The third-order valence-electron chi connectivity index (χ3n) is 1.76. The first-order chi connectivity index (χ1) is 7.58. The fraction of sp³-hybridized carbons (Fsp3) is 0.250. The van der Waals surface area contributed by atoms with Gasteiger partial charge in [-0.3, -0.25) is 10.1 Å². The molecular formula is C8H6ClN3O3S. The number of hydrogen-bond donors (Lipinski definition) is 0. The van der Waals surface area contributed by atoms with Crippen molar-refractivity contribution in [1.82, 2.24) is 10.2 Å². The number of aromatic nitrogens is 2. The van der Waals surface area contributed by atoms with Gasteiger partial charge in [0.2, 0.25) is 5.89 Å². The molecule has 2 rings (SSSR count). The molecule has 2 aromatic heterocycles. The molecule has 0 aliphatic carbocycles. The highest BCUT2D eigenvalue weighted by atomic mass is 35.5. The van der Waals surface area contributed by atoms with Crippen LogP contribution in [-0.4, -0.2) is 15.1 Å². The van der Waals surface area contributed by atoms with E-state index in [1.807, 2.05) is 0 Å². The fourth-order valence-electron chi connectivity index (χ4n) is 1.04. The summed E-state index contributed by atoms with van der Waals surface area (Å²) in [5, 5.41) is 17.6. The molecule has 0 aromatic carbocycles. The Morgan fingerprint density at radius 2 is 2.31 bits per heavy atom. The molecule has 0 radical (unpaired) electrons. The molecule has 0 saturated heterocycles. The highest BCUT2D eigenvalue weighted by molar-refractivity contribution is 7.18. The Morgan fingerprint density at radius 3 is 2.81 bits per heavy atom. The van der Waals surface area contributed by atoms with Crippen molar-refractivity contribution in [2.45, 2.75) is 12.3 Å². The zero-order valence-electron chi connectivity index (χ0n) is 8.08. The van der Waals surface area contributed by atoms with E-state index < -0.39 is 4.92 Å². The zero-order chi connectivity index (χ0) is 11.7. The molecule has 0 amide bonds. The Morgan fingerprint density at radius 1 is 1.56 bits per heavy atom. The van der Waals surface area contributed by atoms with E-state index in [4.69, 9.17) is 16.0 Å². The molecule has 0 bridgehead atoms. The summed E-state index contributed by atoms with van der Waals surface area (Å²) in [6.07, 6.45) is 0. The second-order valence-corrected chi connectivity index (χ2v) is 4.67. The van der Waals surface area contributed by atoms with Crippen LogP contribution in [0.4, 0.5) is 5.00 Å². The molecule has 16 heavy (non-hydrogen) atoms. The molecular weight excluding hydrogens is 254 g/mol. The molecule has 1 atom stereocenters. The van der Waals surface area contributed by atoms with E-state index in [1.165, 1.54) is 6.07 Å². The van der Waals surface area contributed by atoms with Gasteiger partial charge in [0.25, 0.3) is 5.89 Å². The lowest BCUT2D eigenvalue weighted by atomic mass is 10.4. The number of rotatable bonds is 3. The quantitative estimate of drug-likeness (QED) is 0.481. The minimum atomic E-state index is -0.463. The molecule has 2 aromatic rings. The second kappa shape index (κ2) is 4.18. The van der Waals surface area contributed by atoms with Crippen LogP contribution in [-0.2, 0) is 0 Å². The summed E-state index contributed by atoms with van der Waals surface area (Å²) in [6.45, 7) is 1.70. The van der Waals surface area contributed by atoms with Crippen LogP contribution in [0.1, 0.15) is 18.2 Å². The van der Waals surface area contributed by atoms with Crippen LogP contribution in [0.15, 0.2) is 16.5 Å². The van der Waals surface area contributed by atoms with Gasteiger partial charge in [-0.05, 0) is 13.0 Å². The van der Waals surface area contributed by atoms with E-state index in [9.17, 15) is 10.1 Å². The Labute approximate surface area is 99.0 Å². The predicted molar refractivity (Wildman–Crippen MR) is 58.5 cm³/mol. The number of thiophene rings is 1. The minimum Gasteiger partial charge on any atom is -0.418 e. The highest BCUT2D eigenvalue weighted by Gasteiger charge is 2.17. The molecule has 84 valence electrons. The molecule has 0 spiro atoms. The van der Waals surface area contributed by atoms with Crippen molar-refractivity contribution in [1.29, 1.82) is 0 Å². The van der Waals surface area contributed by atoms with Crippen molar-refractivity contribution in [3.05, 3.63) is 28.1 Å². The van der Waals surface area contributed by atoms with Gasteiger partial charge in [0.05, 0.1) is 9.80 Å². The summed E-state index contributed by atoms with van der Waals surface area (Å²) in [5.74, 6) is 0.549. The average Bonchev–Trinajstić information content (AvgIpc) is 2.86. The topological polar surface area (TPSA) is 82.1 Å². The highest BCUT2D eigenvalue weighted by Crippen LogP contribution is 2.32. The van der Waals surface area contributed by atoms with E-state index in [1.54, 1.807) is 13.0 Å². The van der Waals surface area contributed by atoms with Gasteiger partial charge >= 0.3 is 5.00 Å². The van der Waals surface area contributed by atoms with Crippen molar-refractivity contribution in [2.24, 2.45) is 0 Å². The van der Waals surface area contributed by atoms with E-state index in [2.05, 4.69) is 10.2 Å². The Hall–Kier alpha value is -1.47. The molecule has 0 N–H and O–H groups in total. The van der Waals surface area contributed by atoms with Crippen LogP contribution in [0.25, 0.3) is 10.8 Å². The molecule has 2 heterocycles. The summed E-state index contributed by atoms with van der Waals surface area (Å²) < 4.78 is 5.26. The largest absolute Gasteiger partial charge is 0.418 e. The lowest BCUT2D eigenvalue weighted by Crippen LogP contribution is -1.81. The Balaban J connectivity index is 2.31. The smallest absolute Gasteiger partial charge is 0.324 e. The zero-order valence-corrected chi connectivity index (χ0v) is 9.66. The molecule has 0 aliphatic rings. The van der Waals surface area contributed by atoms with E-state index in [0.717, 1.165) is 11.3 Å². The maximum atomic E-state index is 10.5. The molecule has 1 unspecified atom stereocenters. The molecule has 0 fully saturated rings. The number of halogens is 1. The van der Waals surface area contributed by atoms with Crippen LogP contribution in [0, 0.1) is 10.1 Å². The summed E-state index contributed by atoms with van der Waals surface area (Å²) in [5.41, 5.74) is 0. The van der Waals surface area contributed by atoms with Crippen LogP contribution >= 0.6 is 22.9 Å². The van der Waals surface area contributed by atoms with Gasteiger partial charge in [-0.2, -0.15) is 0 Å². The SMILES string of the molecule is CC(Cl)c1nnc(-c2ccc([N+](=O)[O-])s2)o1. The van der Waals surface area contributed by atoms with Gasteiger partial charge in [-0.25, -0.2) is 0 Å². The van der Waals surface area contributed by atoms with Gasteiger partial charge in [0.15, 0.2) is 0 Å². The Bertz CT molecular complexity index is 522. The number of alkyl halides is 1. The van der Waals surface area contributed by atoms with Crippen molar-refractivity contribution in [2.75, 3.05) is 0 Å². The summed E-state index contributed by atoms with van der Waals surface area (Å²) in [7, 11) is 0. The van der Waals surface area contributed by atoms with Crippen molar-refractivity contribution in [3.63, 3.8) is 0 Å². The van der Waals surface area contributed by atoms with E-state index in [0.29, 0.717) is 10.8 Å². The van der Waals surface area contributed by atoms with E-state index in [-0.39, 0.29) is 16.3 Å². The molecule has 0 saturated carbocycles. The lowest BCUT2D eigenvalue weighted by Gasteiger charge is -1.91. The van der Waals surface area contributed by atoms with Crippen LogP contribution < -0.4 is 0 Å². The van der Waals surface area contributed by atoms with E-state index >= 15 is 0 Å². The first-order valence-corrected chi connectivity index (χ1v) is 5.55. The standard InChI is InChI=1S/C8H6ClN3O3S/c1-4(9)7-10-11-8(15-7)5-2-3-6(16-5)12(13)14/h2-4H,1H3. The van der Waals surface area contributed by atoms with Gasteiger partial charge in [-0.15, -0.1) is 21.8 Å². The van der Waals surface area contributed by atoms with Crippen LogP contribution in [0.2, 0.25) is 0 Å². The third kappa shape index (κ3) is 2.05. The predicted octanol–water partition coefficient (Wildman–Crippen LogP) is 3.01. The molecule has 6 nitrogen and oxygen atoms in total. The van der Waals surface area contributed by atoms with Crippen LogP contribution in [0.3, 0.4) is 0 Å². The first kappa shape index (κ1) is 11.0. The number of nitrogens with zero attached hydrogens (tertiary/aromatic N) is 3. The average molecular weight is 260 g/mol. The number of nitro groups is 1. The second-order valence-electron chi connectivity index (χ2n) is 2.96. The summed E-state index contributed by atoms with van der Waals surface area (Å²) >= 11 is 6.74. The van der Waals surface area contributed by atoms with Gasteiger partial charge < -0.3 is 4.42 Å². The summed E-state index contributed by atoms with van der Waals surface area (Å²) in [4.78, 5) is 10.6. The van der Waals surface area contributed by atoms with Gasteiger partial charge in [-0.1, -0.05) is 11.3 Å². The maximum absolute atomic E-state index is 10.5. The first-order valence-electron chi connectivity index (χ1n) is 4.30. The fourth-order valence-corrected chi connectivity index (χ4v) is 1.87.